The molecule has 0 bridgehead atoms. The minimum absolute atomic E-state index is 0.0506. The van der Waals surface area contributed by atoms with Crippen LogP contribution in [0.5, 0.6) is 0 Å². The molecule has 2 aliphatic carbocycles. The Morgan fingerprint density at radius 1 is 1.14 bits per heavy atom. The maximum absolute atomic E-state index is 10.2. The maximum atomic E-state index is 10.2. The Balaban J connectivity index is 2.35. The zero-order valence-corrected chi connectivity index (χ0v) is 10.0. The topological polar surface area (TPSA) is 20.2 Å². The van der Waals surface area contributed by atoms with Crippen LogP contribution in [0.25, 0.3) is 0 Å². The molecule has 0 radical (unpaired) electrons. The number of aliphatic hydroxyl groups is 1. The van der Waals surface area contributed by atoms with Crippen molar-refractivity contribution < 1.29 is 5.11 Å². The number of hydrogen-bond acceptors (Lipinski definition) is 1. The number of aliphatic hydroxyl groups excluding tert-OH is 1. The molecular formula is C13H24O. The highest BCUT2D eigenvalue weighted by Gasteiger charge is 2.56. The molecule has 4 atom stereocenters. The Hall–Kier alpha value is -0.0400. The van der Waals surface area contributed by atoms with E-state index < -0.39 is 0 Å². The first-order valence-electron chi connectivity index (χ1n) is 6.06. The summed E-state index contributed by atoms with van der Waals surface area (Å²) in [4.78, 5) is 0. The van der Waals surface area contributed by atoms with Gasteiger partial charge in [0.15, 0.2) is 0 Å². The SMILES string of the molecule is C[C@@H]1CC(O)[C@H]2C(C)(C)CCC[C@@]12C. The molecule has 0 aromatic carbocycles. The van der Waals surface area contributed by atoms with Gasteiger partial charge in [-0.2, -0.15) is 0 Å². The van der Waals surface area contributed by atoms with E-state index in [-0.39, 0.29) is 6.10 Å². The predicted molar refractivity (Wildman–Crippen MR) is 59.0 cm³/mol. The van der Waals surface area contributed by atoms with Crippen molar-refractivity contribution in [1.82, 2.24) is 0 Å². The molecule has 2 aliphatic rings. The summed E-state index contributed by atoms with van der Waals surface area (Å²) in [5, 5.41) is 10.2. The first-order chi connectivity index (χ1) is 6.38. The summed E-state index contributed by atoms with van der Waals surface area (Å²) in [5.41, 5.74) is 0.748. The van der Waals surface area contributed by atoms with E-state index in [4.69, 9.17) is 0 Å². The number of rotatable bonds is 0. The van der Waals surface area contributed by atoms with Crippen LogP contribution in [0.2, 0.25) is 0 Å². The summed E-state index contributed by atoms with van der Waals surface area (Å²) in [7, 11) is 0. The molecule has 2 fully saturated rings. The standard InChI is InChI=1S/C13H24O/c1-9-8-10(14)11-12(2,3)6-5-7-13(9,11)4/h9-11,14H,5-8H2,1-4H3/t9-,10?,11+,13+/m1/s1. The molecule has 0 heterocycles. The van der Waals surface area contributed by atoms with E-state index in [1.807, 2.05) is 0 Å². The molecule has 2 rings (SSSR count). The van der Waals surface area contributed by atoms with Gasteiger partial charge in [0.05, 0.1) is 6.10 Å². The zero-order valence-electron chi connectivity index (χ0n) is 10.0. The summed E-state index contributed by atoms with van der Waals surface area (Å²) >= 11 is 0. The summed E-state index contributed by atoms with van der Waals surface area (Å²) in [6.45, 7) is 9.41. The lowest BCUT2D eigenvalue weighted by molar-refractivity contribution is -0.0448. The Morgan fingerprint density at radius 2 is 1.79 bits per heavy atom. The van der Waals surface area contributed by atoms with E-state index >= 15 is 0 Å². The van der Waals surface area contributed by atoms with Crippen molar-refractivity contribution in [3.05, 3.63) is 0 Å². The predicted octanol–water partition coefficient (Wildman–Crippen LogP) is 3.22. The molecule has 0 saturated heterocycles. The van der Waals surface area contributed by atoms with Gasteiger partial charge in [-0.15, -0.1) is 0 Å². The van der Waals surface area contributed by atoms with Crippen LogP contribution in [0.1, 0.15) is 53.4 Å². The zero-order chi connectivity index (χ0) is 10.6. The molecule has 14 heavy (non-hydrogen) atoms. The molecule has 1 unspecified atom stereocenters. The van der Waals surface area contributed by atoms with Crippen molar-refractivity contribution in [3.63, 3.8) is 0 Å². The van der Waals surface area contributed by atoms with Crippen LogP contribution in [0, 0.1) is 22.7 Å². The van der Waals surface area contributed by atoms with E-state index in [1.54, 1.807) is 0 Å². The van der Waals surface area contributed by atoms with Crippen LogP contribution >= 0.6 is 0 Å². The van der Waals surface area contributed by atoms with E-state index in [0.717, 1.165) is 6.42 Å². The number of hydrogen-bond donors (Lipinski definition) is 1. The fourth-order valence-corrected chi connectivity index (χ4v) is 4.41. The first kappa shape index (κ1) is 10.5. The van der Waals surface area contributed by atoms with Crippen molar-refractivity contribution in [3.8, 4) is 0 Å². The van der Waals surface area contributed by atoms with E-state index in [0.29, 0.717) is 22.7 Å². The Kier molecular flexibility index (Phi) is 2.23. The van der Waals surface area contributed by atoms with Crippen LogP contribution in [0.3, 0.4) is 0 Å². The van der Waals surface area contributed by atoms with E-state index in [1.165, 1.54) is 19.3 Å². The minimum Gasteiger partial charge on any atom is -0.393 e. The Labute approximate surface area is 87.9 Å². The van der Waals surface area contributed by atoms with Crippen molar-refractivity contribution in [2.75, 3.05) is 0 Å². The van der Waals surface area contributed by atoms with Gasteiger partial charge in [-0.05, 0) is 41.9 Å². The molecule has 1 heteroatoms. The van der Waals surface area contributed by atoms with Gasteiger partial charge >= 0.3 is 0 Å². The maximum Gasteiger partial charge on any atom is 0.0581 e. The third kappa shape index (κ3) is 1.25. The summed E-state index contributed by atoms with van der Waals surface area (Å²) in [5.74, 6) is 1.22. The summed E-state index contributed by atoms with van der Waals surface area (Å²) in [6.07, 6.45) is 4.92. The van der Waals surface area contributed by atoms with Crippen LogP contribution in [-0.2, 0) is 0 Å². The Bertz CT molecular complexity index is 233. The summed E-state index contributed by atoms with van der Waals surface area (Å²) in [6, 6.07) is 0. The van der Waals surface area contributed by atoms with Crippen LogP contribution in [0.15, 0.2) is 0 Å². The molecule has 0 spiro atoms. The average molecular weight is 196 g/mol. The molecule has 0 aromatic heterocycles. The first-order valence-corrected chi connectivity index (χ1v) is 6.06. The normalized spacial score (nSPS) is 51.6. The quantitative estimate of drug-likeness (QED) is 0.630. The molecule has 0 aromatic rings. The second kappa shape index (κ2) is 2.98. The molecular weight excluding hydrogens is 172 g/mol. The average Bonchev–Trinajstić information content (AvgIpc) is 2.22. The van der Waals surface area contributed by atoms with Gasteiger partial charge in [0.2, 0.25) is 0 Å². The highest BCUT2D eigenvalue weighted by atomic mass is 16.3. The molecule has 2 saturated carbocycles. The van der Waals surface area contributed by atoms with Gasteiger partial charge in [0, 0.05) is 0 Å². The lowest BCUT2D eigenvalue weighted by Gasteiger charge is -2.49. The van der Waals surface area contributed by atoms with Crippen molar-refractivity contribution in [1.29, 1.82) is 0 Å². The number of fused-ring (bicyclic) bond motifs is 1. The molecule has 0 aliphatic heterocycles. The highest BCUT2D eigenvalue weighted by Crippen LogP contribution is 2.61. The van der Waals surface area contributed by atoms with Crippen LogP contribution in [-0.4, -0.2) is 11.2 Å². The van der Waals surface area contributed by atoms with Crippen LogP contribution in [0.4, 0.5) is 0 Å². The van der Waals surface area contributed by atoms with Gasteiger partial charge in [0.1, 0.15) is 0 Å². The lowest BCUT2D eigenvalue weighted by Crippen LogP contribution is -2.44. The largest absolute Gasteiger partial charge is 0.393 e. The van der Waals surface area contributed by atoms with Gasteiger partial charge in [-0.1, -0.05) is 34.1 Å². The monoisotopic (exact) mass is 196 g/mol. The second-order valence-corrected chi connectivity index (χ2v) is 6.53. The molecule has 82 valence electrons. The molecule has 1 nitrogen and oxygen atoms in total. The molecule has 0 amide bonds. The van der Waals surface area contributed by atoms with Gasteiger partial charge < -0.3 is 5.11 Å². The molecule has 1 N–H and O–H groups in total. The van der Waals surface area contributed by atoms with Crippen molar-refractivity contribution in [2.45, 2.75) is 59.5 Å². The lowest BCUT2D eigenvalue weighted by atomic mass is 9.56. The Morgan fingerprint density at radius 3 is 2.36 bits per heavy atom. The van der Waals surface area contributed by atoms with Gasteiger partial charge in [-0.3, -0.25) is 0 Å². The smallest absolute Gasteiger partial charge is 0.0581 e. The van der Waals surface area contributed by atoms with E-state index in [2.05, 4.69) is 27.7 Å². The highest BCUT2D eigenvalue weighted by molar-refractivity contribution is 5.05. The van der Waals surface area contributed by atoms with Gasteiger partial charge in [0.25, 0.3) is 0 Å². The van der Waals surface area contributed by atoms with Crippen molar-refractivity contribution >= 4 is 0 Å². The van der Waals surface area contributed by atoms with Crippen LogP contribution < -0.4 is 0 Å². The second-order valence-electron chi connectivity index (χ2n) is 6.53. The fourth-order valence-electron chi connectivity index (χ4n) is 4.41. The fraction of sp³-hybridized carbons (Fsp3) is 1.00. The third-order valence-corrected chi connectivity index (χ3v) is 5.19. The third-order valence-electron chi connectivity index (χ3n) is 5.19. The van der Waals surface area contributed by atoms with Gasteiger partial charge in [-0.25, -0.2) is 0 Å². The minimum atomic E-state index is -0.0506. The van der Waals surface area contributed by atoms with Crippen molar-refractivity contribution in [2.24, 2.45) is 22.7 Å². The summed E-state index contributed by atoms with van der Waals surface area (Å²) < 4.78 is 0. The van der Waals surface area contributed by atoms with E-state index in [9.17, 15) is 5.11 Å².